The molecule has 5 heteroatoms. The third-order valence-electron chi connectivity index (χ3n) is 4.61. The second kappa shape index (κ2) is 6.41. The van der Waals surface area contributed by atoms with Gasteiger partial charge in [0.05, 0.1) is 13.0 Å². The maximum absolute atomic E-state index is 11.8. The van der Waals surface area contributed by atoms with E-state index in [0.29, 0.717) is 0 Å². The molecular weight excluding hydrogens is 266 g/mol. The van der Waals surface area contributed by atoms with Gasteiger partial charge in [0.2, 0.25) is 0 Å². The van der Waals surface area contributed by atoms with Crippen LogP contribution in [-0.2, 0) is 22.4 Å². The third kappa shape index (κ3) is 3.01. The molecule has 1 aliphatic heterocycles. The highest BCUT2D eigenvalue weighted by Gasteiger charge is 2.29. The summed E-state index contributed by atoms with van der Waals surface area (Å²) < 4.78 is 4.91. The topological polar surface area (TPSA) is 55.3 Å². The van der Waals surface area contributed by atoms with E-state index in [-0.39, 0.29) is 11.9 Å². The maximum Gasteiger partial charge on any atom is 0.310 e. The molecule has 0 bridgehead atoms. The average molecular weight is 289 g/mol. The fourth-order valence-corrected chi connectivity index (χ4v) is 3.48. The maximum atomic E-state index is 11.8. The number of hydrogen-bond donors (Lipinski definition) is 0. The van der Waals surface area contributed by atoms with Crippen LogP contribution in [-0.4, -0.2) is 36.1 Å². The standard InChI is InChI=1S/C16H23N3O2/c1-21-16(20)12-6-5-9-19(10-12)15-13-7-3-2-4-8-14(13)17-11-18-15/h11-12H,2-10H2,1H3. The number of esters is 1. The lowest BCUT2D eigenvalue weighted by atomic mass is 9.97. The van der Waals surface area contributed by atoms with Crippen molar-refractivity contribution in [3.05, 3.63) is 17.6 Å². The van der Waals surface area contributed by atoms with Crippen LogP contribution in [0.3, 0.4) is 0 Å². The van der Waals surface area contributed by atoms with Crippen LogP contribution in [0.15, 0.2) is 6.33 Å². The van der Waals surface area contributed by atoms with Crippen molar-refractivity contribution in [1.29, 1.82) is 0 Å². The Morgan fingerprint density at radius 1 is 1.24 bits per heavy atom. The van der Waals surface area contributed by atoms with Gasteiger partial charge >= 0.3 is 5.97 Å². The fourth-order valence-electron chi connectivity index (χ4n) is 3.48. The van der Waals surface area contributed by atoms with Gasteiger partial charge in [-0.1, -0.05) is 6.42 Å². The molecule has 0 aromatic carbocycles. The molecule has 1 fully saturated rings. The second-order valence-electron chi connectivity index (χ2n) is 5.99. The summed E-state index contributed by atoms with van der Waals surface area (Å²) in [6.07, 6.45) is 9.41. The Balaban J connectivity index is 1.84. The Bertz CT molecular complexity index is 518. The van der Waals surface area contributed by atoms with Crippen LogP contribution in [0.5, 0.6) is 0 Å². The molecular formula is C16H23N3O2. The number of hydrogen-bond acceptors (Lipinski definition) is 5. The molecule has 3 rings (SSSR count). The Hall–Kier alpha value is -1.65. The predicted molar refractivity (Wildman–Crippen MR) is 80.2 cm³/mol. The molecule has 1 atom stereocenters. The Morgan fingerprint density at radius 3 is 2.95 bits per heavy atom. The molecule has 2 heterocycles. The first kappa shape index (κ1) is 14.3. The first-order valence-corrected chi connectivity index (χ1v) is 7.95. The molecule has 1 aromatic heterocycles. The van der Waals surface area contributed by atoms with Gasteiger partial charge in [-0.05, 0) is 38.5 Å². The minimum absolute atomic E-state index is 0.0276. The van der Waals surface area contributed by atoms with Gasteiger partial charge in [-0.3, -0.25) is 4.79 Å². The number of piperidine rings is 1. The van der Waals surface area contributed by atoms with E-state index in [1.54, 1.807) is 6.33 Å². The molecule has 0 spiro atoms. The normalized spacial score (nSPS) is 22.3. The monoisotopic (exact) mass is 289 g/mol. The number of carbonyl (C=O) groups is 1. The summed E-state index contributed by atoms with van der Waals surface area (Å²) in [5.41, 5.74) is 2.51. The van der Waals surface area contributed by atoms with Crippen molar-refractivity contribution in [2.45, 2.75) is 44.9 Å². The number of ether oxygens (including phenoxy) is 1. The van der Waals surface area contributed by atoms with E-state index in [2.05, 4.69) is 14.9 Å². The Morgan fingerprint density at radius 2 is 2.10 bits per heavy atom. The number of anilines is 1. The highest BCUT2D eigenvalue weighted by molar-refractivity contribution is 5.73. The molecule has 0 radical (unpaired) electrons. The van der Waals surface area contributed by atoms with Gasteiger partial charge in [0.1, 0.15) is 12.1 Å². The van der Waals surface area contributed by atoms with Crippen LogP contribution in [0.25, 0.3) is 0 Å². The SMILES string of the molecule is COC(=O)C1CCCN(c2ncnc3c2CCCCC3)C1. The van der Waals surface area contributed by atoms with Crippen molar-refractivity contribution >= 4 is 11.8 Å². The quantitative estimate of drug-likeness (QED) is 0.616. The Labute approximate surface area is 125 Å². The van der Waals surface area contributed by atoms with Crippen molar-refractivity contribution < 1.29 is 9.53 Å². The third-order valence-corrected chi connectivity index (χ3v) is 4.61. The van der Waals surface area contributed by atoms with Gasteiger partial charge in [-0.15, -0.1) is 0 Å². The zero-order chi connectivity index (χ0) is 14.7. The van der Waals surface area contributed by atoms with Crippen molar-refractivity contribution in [1.82, 2.24) is 9.97 Å². The van der Waals surface area contributed by atoms with E-state index in [1.807, 2.05) is 0 Å². The predicted octanol–water partition coefficient (Wildman–Crippen LogP) is 2.13. The Kier molecular flexibility index (Phi) is 4.36. The summed E-state index contributed by atoms with van der Waals surface area (Å²) in [5.74, 6) is 0.926. The molecule has 1 aliphatic carbocycles. The number of fused-ring (bicyclic) bond motifs is 1. The number of aryl methyl sites for hydroxylation is 1. The van der Waals surface area contributed by atoms with E-state index in [9.17, 15) is 4.79 Å². The summed E-state index contributed by atoms with van der Waals surface area (Å²) in [5, 5.41) is 0. The van der Waals surface area contributed by atoms with Gasteiger partial charge in [0.25, 0.3) is 0 Å². The summed E-state index contributed by atoms with van der Waals surface area (Å²) in [6.45, 7) is 1.69. The number of carbonyl (C=O) groups excluding carboxylic acids is 1. The number of aromatic nitrogens is 2. The molecule has 0 N–H and O–H groups in total. The smallest absolute Gasteiger partial charge is 0.310 e. The molecule has 2 aliphatic rings. The number of nitrogens with zero attached hydrogens (tertiary/aromatic N) is 3. The van der Waals surface area contributed by atoms with Crippen molar-refractivity contribution in [3.8, 4) is 0 Å². The lowest BCUT2D eigenvalue weighted by molar-refractivity contribution is -0.145. The highest BCUT2D eigenvalue weighted by atomic mass is 16.5. The summed E-state index contributed by atoms with van der Waals surface area (Å²) >= 11 is 0. The van der Waals surface area contributed by atoms with E-state index in [0.717, 1.165) is 44.6 Å². The van der Waals surface area contributed by atoms with E-state index in [1.165, 1.54) is 37.6 Å². The van der Waals surface area contributed by atoms with Crippen molar-refractivity contribution in [3.63, 3.8) is 0 Å². The minimum atomic E-state index is -0.0974. The zero-order valence-corrected chi connectivity index (χ0v) is 12.7. The van der Waals surface area contributed by atoms with E-state index < -0.39 is 0 Å². The highest BCUT2D eigenvalue weighted by Crippen LogP contribution is 2.29. The molecule has 1 aromatic rings. The molecule has 21 heavy (non-hydrogen) atoms. The van der Waals surface area contributed by atoms with Crippen LogP contribution < -0.4 is 4.90 Å². The van der Waals surface area contributed by atoms with Crippen LogP contribution in [0.1, 0.15) is 43.4 Å². The van der Waals surface area contributed by atoms with Crippen molar-refractivity contribution in [2.75, 3.05) is 25.1 Å². The lowest BCUT2D eigenvalue weighted by Gasteiger charge is -2.33. The number of rotatable bonds is 2. The first-order valence-electron chi connectivity index (χ1n) is 7.95. The molecule has 0 amide bonds. The lowest BCUT2D eigenvalue weighted by Crippen LogP contribution is -2.40. The summed E-state index contributed by atoms with van der Waals surface area (Å²) in [6, 6.07) is 0. The largest absolute Gasteiger partial charge is 0.469 e. The van der Waals surface area contributed by atoms with Gasteiger partial charge in [0, 0.05) is 24.3 Å². The second-order valence-corrected chi connectivity index (χ2v) is 5.99. The molecule has 5 nitrogen and oxygen atoms in total. The average Bonchev–Trinajstić information content (AvgIpc) is 2.79. The molecule has 114 valence electrons. The first-order chi connectivity index (χ1) is 10.3. The van der Waals surface area contributed by atoms with Gasteiger partial charge in [-0.25, -0.2) is 9.97 Å². The van der Waals surface area contributed by atoms with Crippen LogP contribution >= 0.6 is 0 Å². The fraction of sp³-hybridized carbons (Fsp3) is 0.688. The van der Waals surface area contributed by atoms with E-state index in [4.69, 9.17) is 4.74 Å². The zero-order valence-electron chi connectivity index (χ0n) is 12.7. The van der Waals surface area contributed by atoms with Crippen LogP contribution in [0.2, 0.25) is 0 Å². The minimum Gasteiger partial charge on any atom is -0.469 e. The van der Waals surface area contributed by atoms with E-state index >= 15 is 0 Å². The summed E-state index contributed by atoms with van der Waals surface area (Å²) in [7, 11) is 1.47. The van der Waals surface area contributed by atoms with Gasteiger partial charge < -0.3 is 9.64 Å². The van der Waals surface area contributed by atoms with Crippen molar-refractivity contribution in [2.24, 2.45) is 5.92 Å². The van der Waals surface area contributed by atoms with Gasteiger partial charge in [0.15, 0.2) is 0 Å². The van der Waals surface area contributed by atoms with Crippen LogP contribution in [0.4, 0.5) is 5.82 Å². The molecule has 1 unspecified atom stereocenters. The van der Waals surface area contributed by atoms with Gasteiger partial charge in [-0.2, -0.15) is 0 Å². The van der Waals surface area contributed by atoms with Crippen LogP contribution in [0, 0.1) is 5.92 Å². The summed E-state index contributed by atoms with van der Waals surface area (Å²) in [4.78, 5) is 23.1. The molecule has 0 saturated carbocycles. The molecule has 1 saturated heterocycles. The number of methoxy groups -OCH3 is 1.